The summed E-state index contributed by atoms with van der Waals surface area (Å²) in [6.07, 6.45) is 0.196. The summed E-state index contributed by atoms with van der Waals surface area (Å²) >= 11 is 0. The number of hydrogen-bond donors (Lipinski definition) is 2. The van der Waals surface area contributed by atoms with Crippen molar-refractivity contribution >= 4 is 11.8 Å². The molecule has 2 amide bonds. The van der Waals surface area contributed by atoms with Gasteiger partial charge in [0.05, 0.1) is 13.5 Å². The fourth-order valence-corrected chi connectivity index (χ4v) is 2.30. The second-order valence-corrected chi connectivity index (χ2v) is 5.56. The Balaban J connectivity index is 1.76. The van der Waals surface area contributed by atoms with Gasteiger partial charge in [-0.05, 0) is 30.7 Å². The fraction of sp³-hybridized carbons (Fsp3) is 0.263. The minimum absolute atomic E-state index is 0.167. The average Bonchev–Trinajstić information content (AvgIpc) is 2.61. The first-order chi connectivity index (χ1) is 12.0. The van der Waals surface area contributed by atoms with E-state index < -0.39 is 5.82 Å². The lowest BCUT2D eigenvalue weighted by Crippen LogP contribution is -2.35. The molecule has 0 heterocycles. The number of nitrogens with one attached hydrogen (secondary N) is 2. The van der Waals surface area contributed by atoms with Crippen LogP contribution < -0.4 is 15.4 Å². The molecule has 0 saturated heterocycles. The summed E-state index contributed by atoms with van der Waals surface area (Å²) in [5, 5.41) is 5.37. The Bertz CT molecular complexity index is 762. The van der Waals surface area contributed by atoms with Gasteiger partial charge in [-0.3, -0.25) is 9.59 Å². The van der Waals surface area contributed by atoms with E-state index in [0.29, 0.717) is 11.3 Å². The van der Waals surface area contributed by atoms with Crippen LogP contribution in [0, 0.1) is 12.7 Å². The zero-order chi connectivity index (χ0) is 18.2. The number of rotatable bonds is 7. The fourth-order valence-electron chi connectivity index (χ4n) is 2.30. The molecule has 0 aliphatic carbocycles. The van der Waals surface area contributed by atoms with Crippen molar-refractivity contribution in [3.8, 4) is 5.75 Å². The number of amides is 2. The number of methoxy groups -OCH3 is 1. The molecule has 25 heavy (non-hydrogen) atoms. The number of ether oxygens (including phenoxy) is 1. The summed E-state index contributed by atoms with van der Waals surface area (Å²) < 4.78 is 18.7. The van der Waals surface area contributed by atoms with Gasteiger partial charge in [0, 0.05) is 24.2 Å². The molecular formula is C19H21FN2O3. The molecule has 2 rings (SSSR count). The first-order valence-corrected chi connectivity index (χ1v) is 7.94. The van der Waals surface area contributed by atoms with Gasteiger partial charge in [-0.15, -0.1) is 0 Å². The van der Waals surface area contributed by atoms with Crippen molar-refractivity contribution in [3.63, 3.8) is 0 Å². The molecule has 0 bridgehead atoms. The van der Waals surface area contributed by atoms with E-state index in [1.54, 1.807) is 32.2 Å². The van der Waals surface area contributed by atoms with Crippen molar-refractivity contribution in [2.45, 2.75) is 13.3 Å². The highest BCUT2D eigenvalue weighted by Crippen LogP contribution is 2.17. The number of carbonyl (C=O) groups excluding carboxylic acids is 2. The van der Waals surface area contributed by atoms with Crippen molar-refractivity contribution in [2.75, 3.05) is 20.2 Å². The maximum atomic E-state index is 13.5. The largest absolute Gasteiger partial charge is 0.496 e. The molecule has 0 unspecified atom stereocenters. The molecule has 5 nitrogen and oxygen atoms in total. The smallest absolute Gasteiger partial charge is 0.251 e. The molecule has 0 aliphatic rings. The van der Waals surface area contributed by atoms with E-state index in [4.69, 9.17) is 4.74 Å². The number of para-hydroxylation sites is 1. The van der Waals surface area contributed by atoms with Crippen molar-refractivity contribution in [3.05, 3.63) is 65.0 Å². The number of aryl methyl sites for hydroxylation is 1. The highest BCUT2D eigenvalue weighted by atomic mass is 19.1. The van der Waals surface area contributed by atoms with Crippen LogP contribution in [0.1, 0.15) is 21.5 Å². The summed E-state index contributed by atoms with van der Waals surface area (Å²) in [4.78, 5) is 23.9. The molecule has 0 saturated carbocycles. The van der Waals surface area contributed by atoms with E-state index in [-0.39, 0.29) is 36.9 Å². The molecule has 2 N–H and O–H groups in total. The summed E-state index contributed by atoms with van der Waals surface area (Å²) in [5.74, 6) is -0.303. The highest BCUT2D eigenvalue weighted by Gasteiger charge is 2.09. The van der Waals surface area contributed by atoms with E-state index in [1.165, 1.54) is 6.07 Å². The molecule has 6 heteroatoms. The van der Waals surface area contributed by atoms with Crippen LogP contribution >= 0.6 is 0 Å². The van der Waals surface area contributed by atoms with Crippen LogP contribution in [-0.4, -0.2) is 32.0 Å². The number of hydrogen-bond acceptors (Lipinski definition) is 3. The molecule has 2 aromatic carbocycles. The third kappa shape index (κ3) is 5.31. The third-order valence-corrected chi connectivity index (χ3v) is 3.71. The van der Waals surface area contributed by atoms with E-state index in [9.17, 15) is 14.0 Å². The molecule has 132 valence electrons. The average molecular weight is 344 g/mol. The Labute approximate surface area is 146 Å². The zero-order valence-electron chi connectivity index (χ0n) is 14.3. The van der Waals surface area contributed by atoms with Crippen LogP contribution in [0.25, 0.3) is 0 Å². The van der Waals surface area contributed by atoms with Crippen molar-refractivity contribution in [1.29, 1.82) is 0 Å². The minimum atomic E-state index is -0.419. The number of benzene rings is 2. The Morgan fingerprint density at radius 1 is 1.08 bits per heavy atom. The maximum absolute atomic E-state index is 13.5. The molecule has 2 aromatic rings. The normalized spacial score (nSPS) is 10.2. The van der Waals surface area contributed by atoms with Crippen molar-refractivity contribution in [2.24, 2.45) is 0 Å². The van der Waals surface area contributed by atoms with Crippen LogP contribution in [0.5, 0.6) is 5.75 Å². The van der Waals surface area contributed by atoms with Crippen molar-refractivity contribution in [1.82, 2.24) is 10.6 Å². The molecule has 0 aromatic heterocycles. The van der Waals surface area contributed by atoms with Gasteiger partial charge in [0.25, 0.3) is 5.91 Å². The highest BCUT2D eigenvalue weighted by molar-refractivity contribution is 5.94. The Kier molecular flexibility index (Phi) is 6.51. The predicted octanol–water partition coefficient (Wildman–Crippen LogP) is 2.23. The lowest BCUT2D eigenvalue weighted by Gasteiger charge is -2.10. The summed E-state index contributed by atoms with van der Waals surface area (Å²) in [6.45, 7) is 2.17. The van der Waals surface area contributed by atoms with E-state index in [0.717, 1.165) is 5.56 Å². The first kappa shape index (κ1) is 18.4. The van der Waals surface area contributed by atoms with Crippen LogP contribution in [-0.2, 0) is 11.2 Å². The topological polar surface area (TPSA) is 67.4 Å². The van der Waals surface area contributed by atoms with Gasteiger partial charge in [-0.25, -0.2) is 4.39 Å². The summed E-state index contributed by atoms with van der Waals surface area (Å²) in [6, 6.07) is 11.6. The Hall–Kier alpha value is -2.89. The Morgan fingerprint density at radius 3 is 2.52 bits per heavy atom. The number of carbonyl (C=O) groups is 2. The second-order valence-electron chi connectivity index (χ2n) is 5.56. The van der Waals surface area contributed by atoms with Gasteiger partial charge in [0.15, 0.2) is 0 Å². The van der Waals surface area contributed by atoms with Crippen LogP contribution in [0.4, 0.5) is 4.39 Å². The maximum Gasteiger partial charge on any atom is 0.251 e. The Morgan fingerprint density at radius 2 is 1.80 bits per heavy atom. The summed E-state index contributed by atoms with van der Waals surface area (Å²) in [5.41, 5.74) is 1.53. The third-order valence-electron chi connectivity index (χ3n) is 3.71. The molecule has 0 spiro atoms. The molecule has 0 radical (unpaired) electrons. The van der Waals surface area contributed by atoms with E-state index in [2.05, 4.69) is 10.6 Å². The van der Waals surface area contributed by atoms with Gasteiger partial charge >= 0.3 is 0 Å². The lowest BCUT2D eigenvalue weighted by atomic mass is 10.1. The van der Waals surface area contributed by atoms with Crippen LogP contribution in [0.2, 0.25) is 0 Å². The van der Waals surface area contributed by atoms with Gasteiger partial charge in [-0.1, -0.05) is 24.3 Å². The van der Waals surface area contributed by atoms with Gasteiger partial charge in [0.1, 0.15) is 11.6 Å². The first-order valence-electron chi connectivity index (χ1n) is 7.94. The SMILES string of the molecule is COc1ccccc1CC(=O)NCCNC(=O)c1ccc(C)c(F)c1. The monoisotopic (exact) mass is 344 g/mol. The molecule has 0 fully saturated rings. The second kappa shape index (κ2) is 8.82. The minimum Gasteiger partial charge on any atom is -0.496 e. The summed E-state index contributed by atoms with van der Waals surface area (Å²) in [7, 11) is 1.56. The van der Waals surface area contributed by atoms with E-state index in [1.807, 2.05) is 18.2 Å². The van der Waals surface area contributed by atoms with E-state index >= 15 is 0 Å². The predicted molar refractivity (Wildman–Crippen MR) is 93.2 cm³/mol. The van der Waals surface area contributed by atoms with Gasteiger partial charge < -0.3 is 15.4 Å². The van der Waals surface area contributed by atoms with Crippen molar-refractivity contribution < 1.29 is 18.7 Å². The van der Waals surface area contributed by atoms with Crippen LogP contribution in [0.3, 0.4) is 0 Å². The standard InChI is InChI=1S/C19H21FN2O3/c1-13-7-8-15(11-16(13)20)19(24)22-10-9-21-18(23)12-14-5-3-4-6-17(14)25-2/h3-8,11H,9-10,12H2,1-2H3,(H,21,23)(H,22,24). The number of halogens is 1. The zero-order valence-corrected chi connectivity index (χ0v) is 14.3. The molecule has 0 aliphatic heterocycles. The van der Waals surface area contributed by atoms with Gasteiger partial charge in [-0.2, -0.15) is 0 Å². The quantitative estimate of drug-likeness (QED) is 0.757. The van der Waals surface area contributed by atoms with Gasteiger partial charge in [0.2, 0.25) is 5.91 Å². The van der Waals surface area contributed by atoms with Crippen LogP contribution in [0.15, 0.2) is 42.5 Å². The molecule has 0 atom stereocenters. The lowest BCUT2D eigenvalue weighted by molar-refractivity contribution is -0.120. The molecular weight excluding hydrogens is 323 g/mol.